The van der Waals surface area contributed by atoms with Gasteiger partial charge in [-0.1, -0.05) is 6.58 Å². The normalized spacial score (nSPS) is 16.6. The Bertz CT molecular complexity index is 568. The molecular weight excluding hydrogens is 294 g/mol. The maximum Gasteiger partial charge on any atom is 0.237 e. The van der Waals surface area contributed by atoms with Crippen molar-refractivity contribution in [1.29, 1.82) is 5.41 Å². The molecule has 0 amide bonds. The minimum absolute atomic E-state index is 0.0166. The van der Waals surface area contributed by atoms with Crippen molar-refractivity contribution in [2.24, 2.45) is 5.92 Å². The third-order valence-electron chi connectivity index (χ3n) is 4.20. The Morgan fingerprint density at radius 2 is 2.35 bits per heavy atom. The number of quaternary nitrogens is 1. The second-order valence-electron chi connectivity index (χ2n) is 5.63. The quantitative estimate of drug-likeness (QED) is 0.557. The van der Waals surface area contributed by atoms with Gasteiger partial charge in [-0.2, -0.15) is 0 Å². The molecule has 1 unspecified atom stereocenters. The third kappa shape index (κ3) is 4.46. The highest BCUT2D eigenvalue weighted by molar-refractivity contribution is 5.93. The second kappa shape index (κ2) is 8.55. The van der Waals surface area contributed by atoms with Crippen molar-refractivity contribution >= 4 is 17.8 Å². The molecule has 1 atom stereocenters. The van der Waals surface area contributed by atoms with Gasteiger partial charge in [0.05, 0.1) is 7.11 Å². The standard InChI is InChI=1S/C17H23N3O3/c1-3-15(21)14(10-12-5-8-23-9-6-12)20-17-13(11-18)16(22-2)4-7-19-17/h3-4,7,11-12,14,18H,1,5-6,8-10H2,2H3,(H,19,20)/p+1. The van der Waals surface area contributed by atoms with Crippen LogP contribution in [0.25, 0.3) is 0 Å². The number of aromatic nitrogens is 1. The largest absolute Gasteiger partial charge is 0.496 e. The molecule has 23 heavy (non-hydrogen) atoms. The first-order chi connectivity index (χ1) is 11.2. The van der Waals surface area contributed by atoms with Gasteiger partial charge in [0.25, 0.3) is 0 Å². The van der Waals surface area contributed by atoms with Crippen LogP contribution in [0.15, 0.2) is 24.9 Å². The topological polar surface area (TPSA) is 88.9 Å². The van der Waals surface area contributed by atoms with E-state index in [1.165, 1.54) is 12.3 Å². The van der Waals surface area contributed by atoms with Crippen molar-refractivity contribution in [1.82, 2.24) is 4.98 Å². The lowest BCUT2D eigenvalue weighted by atomic mass is 9.90. The van der Waals surface area contributed by atoms with E-state index in [9.17, 15) is 4.79 Å². The Hall–Kier alpha value is -2.05. The van der Waals surface area contributed by atoms with E-state index in [0.29, 0.717) is 23.0 Å². The molecule has 0 aromatic carbocycles. The van der Waals surface area contributed by atoms with Crippen LogP contribution in [-0.4, -0.2) is 43.3 Å². The lowest BCUT2D eigenvalue weighted by Crippen LogP contribution is -2.87. The molecule has 0 spiro atoms. The van der Waals surface area contributed by atoms with E-state index in [1.807, 2.05) is 5.32 Å². The summed E-state index contributed by atoms with van der Waals surface area (Å²) >= 11 is 0. The number of carbonyl (C=O) groups is 1. The van der Waals surface area contributed by atoms with Crippen LogP contribution in [0, 0.1) is 11.3 Å². The smallest absolute Gasteiger partial charge is 0.237 e. The predicted molar refractivity (Wildman–Crippen MR) is 87.4 cm³/mol. The number of nitrogens with zero attached hydrogens (tertiary/aromatic N) is 1. The number of methoxy groups -OCH3 is 1. The van der Waals surface area contributed by atoms with Gasteiger partial charge in [-0.25, -0.2) is 4.98 Å². The summed E-state index contributed by atoms with van der Waals surface area (Å²) in [6.45, 7) is 5.11. The molecule has 0 aliphatic carbocycles. The average Bonchev–Trinajstić information content (AvgIpc) is 2.61. The molecule has 6 nitrogen and oxygen atoms in total. The Morgan fingerprint density at radius 3 is 2.96 bits per heavy atom. The first-order valence-corrected chi connectivity index (χ1v) is 7.82. The van der Waals surface area contributed by atoms with Gasteiger partial charge in [-0.3, -0.25) is 10.1 Å². The van der Waals surface area contributed by atoms with Crippen LogP contribution in [0.4, 0.5) is 5.82 Å². The summed E-state index contributed by atoms with van der Waals surface area (Å²) < 4.78 is 10.6. The SMILES string of the molecule is C=CC(=O)C(CC1CCOCC1)[NH2+]c1nccc(OC)c1C=N. The summed E-state index contributed by atoms with van der Waals surface area (Å²) in [5.41, 5.74) is 0.587. The van der Waals surface area contributed by atoms with Crippen LogP contribution < -0.4 is 10.1 Å². The van der Waals surface area contributed by atoms with Crippen molar-refractivity contribution in [3.05, 3.63) is 30.5 Å². The van der Waals surface area contributed by atoms with Crippen LogP contribution in [0.3, 0.4) is 0 Å². The molecule has 1 saturated heterocycles. The second-order valence-corrected chi connectivity index (χ2v) is 5.63. The highest BCUT2D eigenvalue weighted by Crippen LogP contribution is 2.22. The van der Waals surface area contributed by atoms with Crippen LogP contribution >= 0.6 is 0 Å². The van der Waals surface area contributed by atoms with E-state index in [0.717, 1.165) is 32.5 Å². The van der Waals surface area contributed by atoms with Crippen molar-refractivity contribution in [2.75, 3.05) is 20.3 Å². The molecule has 6 heteroatoms. The summed E-state index contributed by atoms with van der Waals surface area (Å²) in [7, 11) is 1.56. The van der Waals surface area contributed by atoms with Gasteiger partial charge in [0.15, 0.2) is 6.04 Å². The van der Waals surface area contributed by atoms with Gasteiger partial charge in [0, 0.05) is 32.0 Å². The Balaban J connectivity index is 2.18. The molecule has 1 aromatic heterocycles. The lowest BCUT2D eigenvalue weighted by Gasteiger charge is -2.24. The Labute approximate surface area is 136 Å². The van der Waals surface area contributed by atoms with Crippen LogP contribution in [0.5, 0.6) is 5.75 Å². The van der Waals surface area contributed by atoms with E-state index in [-0.39, 0.29) is 11.8 Å². The highest BCUT2D eigenvalue weighted by Gasteiger charge is 2.28. The lowest BCUT2D eigenvalue weighted by molar-refractivity contribution is -0.601. The molecule has 2 rings (SSSR count). The summed E-state index contributed by atoms with van der Waals surface area (Å²) in [6.07, 6.45) is 6.90. The molecule has 0 radical (unpaired) electrons. The number of rotatable bonds is 8. The maximum atomic E-state index is 12.2. The number of ether oxygens (including phenoxy) is 2. The minimum atomic E-state index is -0.283. The zero-order valence-electron chi connectivity index (χ0n) is 13.5. The van der Waals surface area contributed by atoms with Crippen LogP contribution in [0.1, 0.15) is 24.8 Å². The van der Waals surface area contributed by atoms with Gasteiger partial charge in [0.1, 0.15) is 11.3 Å². The van der Waals surface area contributed by atoms with Gasteiger partial charge >= 0.3 is 0 Å². The predicted octanol–water partition coefficient (Wildman–Crippen LogP) is 1.22. The number of hydrogen-bond donors (Lipinski definition) is 2. The molecule has 0 bridgehead atoms. The van der Waals surface area contributed by atoms with Crippen molar-refractivity contribution in [3.63, 3.8) is 0 Å². The monoisotopic (exact) mass is 318 g/mol. The summed E-state index contributed by atoms with van der Waals surface area (Å²) in [6, 6.07) is 1.43. The zero-order chi connectivity index (χ0) is 16.7. The fourth-order valence-electron chi connectivity index (χ4n) is 2.88. The van der Waals surface area contributed by atoms with Crippen molar-refractivity contribution < 1.29 is 19.6 Å². The average molecular weight is 318 g/mol. The summed E-state index contributed by atoms with van der Waals surface area (Å²) in [4.78, 5) is 16.6. The van der Waals surface area contributed by atoms with E-state index >= 15 is 0 Å². The van der Waals surface area contributed by atoms with E-state index < -0.39 is 0 Å². The molecular formula is C17H24N3O3+. The van der Waals surface area contributed by atoms with Crippen molar-refractivity contribution in [2.45, 2.75) is 25.3 Å². The fraction of sp³-hybridized carbons (Fsp3) is 0.471. The summed E-state index contributed by atoms with van der Waals surface area (Å²) in [5, 5.41) is 9.43. The fourth-order valence-corrected chi connectivity index (χ4v) is 2.88. The zero-order valence-corrected chi connectivity index (χ0v) is 13.5. The van der Waals surface area contributed by atoms with E-state index in [4.69, 9.17) is 14.9 Å². The number of nitrogens with two attached hydrogens (primary N) is 1. The molecule has 1 aliphatic heterocycles. The van der Waals surface area contributed by atoms with Crippen LogP contribution in [-0.2, 0) is 9.53 Å². The Morgan fingerprint density at radius 1 is 1.61 bits per heavy atom. The Kier molecular flexibility index (Phi) is 6.43. The van der Waals surface area contributed by atoms with Crippen molar-refractivity contribution in [3.8, 4) is 5.75 Å². The highest BCUT2D eigenvalue weighted by atomic mass is 16.5. The number of nitrogens with one attached hydrogen (secondary N) is 1. The third-order valence-corrected chi connectivity index (χ3v) is 4.20. The first kappa shape index (κ1) is 17.3. The number of carbonyl (C=O) groups excluding carboxylic acids is 1. The molecule has 1 aromatic rings. The molecule has 1 fully saturated rings. The first-order valence-electron chi connectivity index (χ1n) is 7.82. The molecule has 1 aliphatic rings. The molecule has 0 saturated carbocycles. The number of hydrogen-bond acceptors (Lipinski definition) is 5. The molecule has 124 valence electrons. The van der Waals surface area contributed by atoms with E-state index in [1.54, 1.807) is 19.4 Å². The number of pyridine rings is 1. The maximum absolute atomic E-state index is 12.2. The van der Waals surface area contributed by atoms with Gasteiger partial charge in [0.2, 0.25) is 11.6 Å². The molecule has 2 heterocycles. The molecule has 3 N–H and O–H groups in total. The van der Waals surface area contributed by atoms with Gasteiger partial charge in [-0.15, -0.1) is 0 Å². The summed E-state index contributed by atoms with van der Waals surface area (Å²) in [5.74, 6) is 1.63. The van der Waals surface area contributed by atoms with Gasteiger partial charge in [-0.05, 0) is 30.9 Å². The van der Waals surface area contributed by atoms with E-state index in [2.05, 4.69) is 11.6 Å². The van der Waals surface area contributed by atoms with Gasteiger partial charge < -0.3 is 14.9 Å². The number of ketones is 1. The minimum Gasteiger partial charge on any atom is -0.496 e. The van der Waals surface area contributed by atoms with Crippen LogP contribution in [0.2, 0.25) is 0 Å².